The Bertz CT molecular complexity index is 916. The lowest BCUT2D eigenvalue weighted by molar-refractivity contribution is 0.405. The number of hydrogen-bond donors (Lipinski definition) is 1. The quantitative estimate of drug-likeness (QED) is 0.783. The van der Waals surface area contributed by atoms with E-state index in [1.54, 1.807) is 0 Å². The molecule has 2 N–H and O–H groups in total. The van der Waals surface area contributed by atoms with Crippen LogP contribution >= 0.6 is 0 Å². The van der Waals surface area contributed by atoms with E-state index in [0.29, 0.717) is 23.1 Å². The fourth-order valence-electron chi connectivity index (χ4n) is 2.76. The highest BCUT2D eigenvalue weighted by molar-refractivity contribution is 5.77. The first-order chi connectivity index (χ1) is 11.5. The molecule has 0 amide bonds. The standard InChI is InChI=1S/C20H20FNO2/c1-12(2)18(22)20-16(10-13-6-4-3-5-7-13)19(23)15-9-8-14(21)11-17(15)24-20/h3-9,11-12,18H,10,22H2,1-2H3. The summed E-state index contributed by atoms with van der Waals surface area (Å²) in [7, 11) is 0. The molecule has 1 atom stereocenters. The second-order valence-electron chi connectivity index (χ2n) is 6.35. The van der Waals surface area contributed by atoms with Gasteiger partial charge in [-0.2, -0.15) is 0 Å². The summed E-state index contributed by atoms with van der Waals surface area (Å²) in [5.41, 5.74) is 7.90. The van der Waals surface area contributed by atoms with Gasteiger partial charge in [-0.15, -0.1) is 0 Å². The average molecular weight is 325 g/mol. The van der Waals surface area contributed by atoms with Crippen LogP contribution in [0.25, 0.3) is 11.0 Å². The van der Waals surface area contributed by atoms with E-state index in [-0.39, 0.29) is 16.9 Å². The molecule has 0 bridgehead atoms. The SMILES string of the molecule is CC(C)C(N)c1oc2cc(F)ccc2c(=O)c1Cc1ccccc1. The predicted molar refractivity (Wildman–Crippen MR) is 93.5 cm³/mol. The summed E-state index contributed by atoms with van der Waals surface area (Å²) in [6, 6.07) is 13.2. The molecule has 0 fully saturated rings. The molecule has 1 heterocycles. The van der Waals surface area contributed by atoms with Crippen molar-refractivity contribution < 1.29 is 8.81 Å². The largest absolute Gasteiger partial charge is 0.459 e. The van der Waals surface area contributed by atoms with Crippen molar-refractivity contribution in [1.82, 2.24) is 0 Å². The van der Waals surface area contributed by atoms with E-state index in [1.807, 2.05) is 44.2 Å². The fourth-order valence-corrected chi connectivity index (χ4v) is 2.76. The minimum atomic E-state index is -0.439. The zero-order chi connectivity index (χ0) is 17.3. The maximum Gasteiger partial charge on any atom is 0.196 e. The first-order valence-electron chi connectivity index (χ1n) is 8.02. The number of rotatable bonds is 4. The van der Waals surface area contributed by atoms with Crippen molar-refractivity contribution in [3.8, 4) is 0 Å². The van der Waals surface area contributed by atoms with Gasteiger partial charge in [-0.3, -0.25) is 4.79 Å². The molecule has 24 heavy (non-hydrogen) atoms. The molecular weight excluding hydrogens is 305 g/mol. The van der Waals surface area contributed by atoms with Crippen LogP contribution in [-0.4, -0.2) is 0 Å². The second-order valence-corrected chi connectivity index (χ2v) is 6.35. The van der Waals surface area contributed by atoms with Gasteiger partial charge in [0, 0.05) is 18.1 Å². The Morgan fingerprint density at radius 1 is 1.12 bits per heavy atom. The summed E-state index contributed by atoms with van der Waals surface area (Å²) in [6.07, 6.45) is 0.437. The fraction of sp³-hybridized carbons (Fsp3) is 0.250. The smallest absolute Gasteiger partial charge is 0.196 e. The molecule has 0 spiro atoms. The lowest BCUT2D eigenvalue weighted by Gasteiger charge is -2.18. The first kappa shape index (κ1) is 16.4. The third-order valence-electron chi connectivity index (χ3n) is 4.22. The molecule has 0 saturated heterocycles. The van der Waals surface area contributed by atoms with E-state index in [0.717, 1.165) is 5.56 Å². The van der Waals surface area contributed by atoms with Gasteiger partial charge in [-0.25, -0.2) is 4.39 Å². The molecule has 2 aromatic carbocycles. The van der Waals surface area contributed by atoms with Gasteiger partial charge in [0.05, 0.1) is 11.4 Å². The van der Waals surface area contributed by atoms with Crippen LogP contribution in [-0.2, 0) is 6.42 Å². The summed E-state index contributed by atoms with van der Waals surface area (Å²) < 4.78 is 19.4. The Morgan fingerprint density at radius 2 is 1.83 bits per heavy atom. The molecule has 0 aliphatic rings. The highest BCUT2D eigenvalue weighted by atomic mass is 19.1. The minimum Gasteiger partial charge on any atom is -0.459 e. The Morgan fingerprint density at radius 3 is 2.50 bits per heavy atom. The van der Waals surface area contributed by atoms with E-state index >= 15 is 0 Å². The molecule has 1 aromatic heterocycles. The van der Waals surface area contributed by atoms with E-state index in [2.05, 4.69) is 0 Å². The summed E-state index contributed by atoms with van der Waals surface area (Å²) in [5, 5.41) is 0.377. The minimum absolute atomic E-state index is 0.0914. The van der Waals surface area contributed by atoms with Gasteiger partial charge in [-0.05, 0) is 23.6 Å². The van der Waals surface area contributed by atoms with Gasteiger partial charge < -0.3 is 10.2 Å². The average Bonchev–Trinajstić information content (AvgIpc) is 2.57. The van der Waals surface area contributed by atoms with Crippen LogP contribution in [0, 0.1) is 11.7 Å². The van der Waals surface area contributed by atoms with E-state index < -0.39 is 11.9 Å². The third-order valence-corrected chi connectivity index (χ3v) is 4.22. The van der Waals surface area contributed by atoms with Crippen molar-refractivity contribution in [3.05, 3.63) is 81.5 Å². The lowest BCUT2D eigenvalue weighted by Crippen LogP contribution is -2.23. The van der Waals surface area contributed by atoms with Crippen LogP contribution in [0.5, 0.6) is 0 Å². The zero-order valence-electron chi connectivity index (χ0n) is 13.8. The number of halogens is 1. The van der Waals surface area contributed by atoms with Crippen LogP contribution in [0.2, 0.25) is 0 Å². The zero-order valence-corrected chi connectivity index (χ0v) is 13.8. The number of nitrogens with two attached hydrogens (primary N) is 1. The number of hydrogen-bond acceptors (Lipinski definition) is 3. The molecule has 3 rings (SSSR count). The Hall–Kier alpha value is -2.46. The summed E-state index contributed by atoms with van der Waals surface area (Å²) in [4.78, 5) is 13.0. The summed E-state index contributed by atoms with van der Waals surface area (Å²) >= 11 is 0. The van der Waals surface area contributed by atoms with Crippen molar-refractivity contribution >= 4 is 11.0 Å². The molecule has 4 heteroatoms. The van der Waals surface area contributed by atoms with E-state index in [1.165, 1.54) is 18.2 Å². The Kier molecular flexibility index (Phi) is 4.49. The Labute approximate surface area is 139 Å². The van der Waals surface area contributed by atoms with Crippen molar-refractivity contribution in [2.24, 2.45) is 11.7 Å². The molecule has 1 unspecified atom stereocenters. The lowest BCUT2D eigenvalue weighted by atomic mass is 9.94. The van der Waals surface area contributed by atoms with Gasteiger partial charge in [0.15, 0.2) is 5.43 Å². The monoisotopic (exact) mass is 325 g/mol. The second kappa shape index (κ2) is 6.57. The highest BCUT2D eigenvalue weighted by Gasteiger charge is 2.22. The van der Waals surface area contributed by atoms with Crippen LogP contribution in [0.4, 0.5) is 4.39 Å². The van der Waals surface area contributed by atoms with Crippen molar-refractivity contribution in [2.45, 2.75) is 26.3 Å². The topological polar surface area (TPSA) is 56.2 Å². The van der Waals surface area contributed by atoms with Gasteiger partial charge >= 0.3 is 0 Å². The van der Waals surface area contributed by atoms with Crippen LogP contribution in [0.15, 0.2) is 57.7 Å². The number of fused-ring (bicyclic) bond motifs is 1. The van der Waals surface area contributed by atoms with Crippen LogP contribution in [0.3, 0.4) is 0 Å². The van der Waals surface area contributed by atoms with Crippen LogP contribution in [0.1, 0.15) is 36.8 Å². The van der Waals surface area contributed by atoms with Gasteiger partial charge in [0.25, 0.3) is 0 Å². The maximum absolute atomic E-state index is 13.5. The molecule has 124 valence electrons. The van der Waals surface area contributed by atoms with Crippen molar-refractivity contribution in [1.29, 1.82) is 0 Å². The maximum atomic E-state index is 13.5. The number of benzene rings is 2. The highest BCUT2D eigenvalue weighted by Crippen LogP contribution is 2.26. The third kappa shape index (κ3) is 3.10. The molecular formula is C20H20FNO2. The van der Waals surface area contributed by atoms with E-state index in [4.69, 9.17) is 10.2 Å². The van der Waals surface area contributed by atoms with Crippen molar-refractivity contribution in [3.63, 3.8) is 0 Å². The predicted octanol–water partition coefficient (Wildman–Crippen LogP) is 4.18. The summed E-state index contributed by atoms with van der Waals surface area (Å²) in [6.45, 7) is 3.93. The van der Waals surface area contributed by atoms with Crippen molar-refractivity contribution in [2.75, 3.05) is 0 Å². The molecule has 0 saturated carbocycles. The van der Waals surface area contributed by atoms with Gasteiger partial charge in [-0.1, -0.05) is 44.2 Å². The van der Waals surface area contributed by atoms with Gasteiger partial charge in [0.1, 0.15) is 17.2 Å². The molecule has 0 radical (unpaired) electrons. The molecule has 3 nitrogen and oxygen atoms in total. The van der Waals surface area contributed by atoms with E-state index in [9.17, 15) is 9.18 Å². The molecule has 0 aliphatic carbocycles. The first-order valence-corrected chi connectivity index (χ1v) is 8.02. The normalized spacial score (nSPS) is 12.7. The molecule has 3 aromatic rings. The Balaban J connectivity index is 2.24. The van der Waals surface area contributed by atoms with Gasteiger partial charge in [0.2, 0.25) is 0 Å². The van der Waals surface area contributed by atoms with Crippen LogP contribution < -0.4 is 11.2 Å². The molecule has 0 aliphatic heterocycles. The summed E-state index contributed by atoms with van der Waals surface area (Å²) in [5.74, 6) is 0.0937.